The molecule has 0 radical (unpaired) electrons. The summed E-state index contributed by atoms with van der Waals surface area (Å²) >= 11 is 12.9. The molecule has 2 fully saturated rings. The van der Waals surface area contributed by atoms with E-state index >= 15 is 0 Å². The molecule has 322 valence electrons. The first-order chi connectivity index (χ1) is 30.7. The van der Waals surface area contributed by atoms with E-state index < -0.39 is 12.2 Å². The zero-order chi connectivity index (χ0) is 43.2. The van der Waals surface area contributed by atoms with Crippen LogP contribution in [0.5, 0.6) is 11.5 Å². The number of hydrogen-bond acceptors (Lipinski definition) is 7. The van der Waals surface area contributed by atoms with Crippen molar-refractivity contribution in [2.24, 2.45) is 5.92 Å². The standard InChI is InChI=1S/C28H26ClN3O2.C22H22ClN3O3/c1-17-4-2-3-5-21(17)18-8-12-32(13-9-18)28(33)25-15-19-14-20(29)16-24(26(19)34-25)22-6-10-30-27-23(22)7-11-31-27;23-15-8-14-9-19(22(28)26-7-1-2-13(11-26)12-27)29-20(14)18(10-15)16-3-5-24-21-17(16)4-6-25-21/h2-7,10-11,14,16,18,25H,8-9,12-13,15H2,1H3,(H,30,31);3-6,8,10,13,19,27H,1-2,7,9,11-12H2,(H,24,25). The summed E-state index contributed by atoms with van der Waals surface area (Å²) in [6.07, 6.45) is 11.1. The van der Waals surface area contributed by atoms with Gasteiger partial charge in [-0.1, -0.05) is 47.5 Å². The van der Waals surface area contributed by atoms with Crippen molar-refractivity contribution in [1.29, 1.82) is 0 Å². The van der Waals surface area contributed by atoms with E-state index in [9.17, 15) is 14.7 Å². The summed E-state index contributed by atoms with van der Waals surface area (Å²) in [6.45, 7) is 5.11. The number of aromatic nitrogens is 4. The molecule has 2 saturated heterocycles. The first-order valence-electron chi connectivity index (χ1n) is 21.8. The van der Waals surface area contributed by atoms with Gasteiger partial charge in [-0.3, -0.25) is 9.59 Å². The molecular formula is C50H48Cl2N6O5. The van der Waals surface area contributed by atoms with Crippen molar-refractivity contribution in [2.45, 2.75) is 63.6 Å². The fraction of sp³-hybridized carbons (Fsp3) is 0.320. The van der Waals surface area contributed by atoms with Crippen molar-refractivity contribution in [1.82, 2.24) is 29.7 Å². The van der Waals surface area contributed by atoms with E-state index in [1.165, 1.54) is 11.1 Å². The number of benzene rings is 3. The highest BCUT2D eigenvalue weighted by atomic mass is 35.5. The molecule has 11 rings (SSSR count). The smallest absolute Gasteiger partial charge is 0.264 e. The Bertz CT molecular complexity index is 2850. The molecule has 11 nitrogen and oxygen atoms in total. The van der Waals surface area contributed by atoms with Gasteiger partial charge in [0.25, 0.3) is 11.8 Å². The fourth-order valence-corrected chi connectivity index (χ4v) is 10.5. The molecule has 4 aliphatic rings. The van der Waals surface area contributed by atoms with Crippen molar-refractivity contribution in [2.75, 3.05) is 32.8 Å². The molecule has 3 unspecified atom stereocenters. The number of piperidine rings is 2. The second-order valence-electron chi connectivity index (χ2n) is 17.1. The predicted molar refractivity (Wildman–Crippen MR) is 245 cm³/mol. The fourth-order valence-electron chi connectivity index (χ4n) is 9.99. The number of halogens is 2. The lowest BCUT2D eigenvalue weighted by atomic mass is 9.87. The molecule has 7 aromatic rings. The molecule has 0 bridgehead atoms. The Morgan fingerprint density at radius 1 is 0.714 bits per heavy atom. The number of carbonyl (C=O) groups is 2. The Hall–Kier alpha value is -5.88. The van der Waals surface area contributed by atoms with Crippen LogP contribution in [0.15, 0.2) is 97.6 Å². The minimum absolute atomic E-state index is 0.0112. The van der Waals surface area contributed by atoms with Crippen molar-refractivity contribution >= 4 is 57.1 Å². The number of fused-ring (bicyclic) bond motifs is 4. The van der Waals surface area contributed by atoms with E-state index in [0.717, 1.165) is 106 Å². The molecule has 4 aliphatic heterocycles. The van der Waals surface area contributed by atoms with Gasteiger partial charge in [-0.05, 0) is 115 Å². The van der Waals surface area contributed by atoms with Crippen LogP contribution in [0, 0.1) is 12.8 Å². The maximum atomic E-state index is 13.4. The van der Waals surface area contributed by atoms with Gasteiger partial charge in [-0.15, -0.1) is 0 Å². The number of pyridine rings is 2. The number of likely N-dealkylation sites (tertiary alicyclic amines) is 2. The molecule has 0 aliphatic carbocycles. The SMILES string of the molecule is Cc1ccccc1C1CCN(C(=O)C2Cc3cc(Cl)cc(-c4ccnc5[nH]ccc45)c3O2)CC1.O=C(C1Cc2cc(Cl)cc(-c3ccnc4[nH]ccc34)c2O1)N1CCCC(CO)C1. The Kier molecular flexibility index (Phi) is 11.3. The van der Waals surface area contributed by atoms with Gasteiger partial charge in [-0.25, -0.2) is 9.97 Å². The summed E-state index contributed by atoms with van der Waals surface area (Å²) in [5, 5.41) is 12.7. The van der Waals surface area contributed by atoms with Crippen molar-refractivity contribution in [3.8, 4) is 33.8 Å². The molecule has 0 spiro atoms. The van der Waals surface area contributed by atoms with Crippen molar-refractivity contribution in [3.05, 3.63) is 130 Å². The Labute approximate surface area is 375 Å². The van der Waals surface area contributed by atoms with Gasteiger partial charge in [0.1, 0.15) is 22.8 Å². The number of ether oxygens (including phenoxy) is 2. The Morgan fingerprint density at radius 3 is 1.83 bits per heavy atom. The van der Waals surface area contributed by atoms with Crippen LogP contribution >= 0.6 is 23.2 Å². The molecule has 0 saturated carbocycles. The van der Waals surface area contributed by atoms with Gasteiger partial charge in [0.15, 0.2) is 12.2 Å². The van der Waals surface area contributed by atoms with Gasteiger partial charge in [-0.2, -0.15) is 0 Å². The van der Waals surface area contributed by atoms with Crippen LogP contribution in [-0.4, -0.2) is 91.7 Å². The number of nitrogens with one attached hydrogen (secondary N) is 2. The lowest BCUT2D eigenvalue weighted by molar-refractivity contribution is -0.140. The highest BCUT2D eigenvalue weighted by molar-refractivity contribution is 6.31. The summed E-state index contributed by atoms with van der Waals surface area (Å²) in [6, 6.07) is 24.1. The van der Waals surface area contributed by atoms with Crippen LogP contribution in [0.3, 0.4) is 0 Å². The lowest BCUT2D eigenvalue weighted by Gasteiger charge is -2.34. The number of H-pyrrole nitrogens is 2. The van der Waals surface area contributed by atoms with E-state index in [1.54, 1.807) is 12.4 Å². The van der Waals surface area contributed by atoms with Crippen LogP contribution in [0.2, 0.25) is 10.0 Å². The van der Waals surface area contributed by atoms with Gasteiger partial charge in [0.05, 0.1) is 0 Å². The molecule has 13 heteroatoms. The maximum absolute atomic E-state index is 13.4. The van der Waals surface area contributed by atoms with Gasteiger partial charge in [0.2, 0.25) is 0 Å². The second kappa shape index (κ2) is 17.4. The summed E-state index contributed by atoms with van der Waals surface area (Å²) in [7, 11) is 0. The van der Waals surface area contributed by atoms with Gasteiger partial charge in [0, 0.05) is 113 Å². The molecule has 3 atom stereocenters. The minimum atomic E-state index is -0.553. The molecule has 3 N–H and O–H groups in total. The van der Waals surface area contributed by atoms with E-state index in [-0.39, 0.29) is 24.3 Å². The third-order valence-electron chi connectivity index (χ3n) is 13.2. The summed E-state index contributed by atoms with van der Waals surface area (Å²) < 4.78 is 12.6. The lowest BCUT2D eigenvalue weighted by Crippen LogP contribution is -2.47. The van der Waals surface area contributed by atoms with E-state index in [1.807, 2.05) is 70.7 Å². The van der Waals surface area contributed by atoms with Crippen molar-refractivity contribution in [3.63, 3.8) is 0 Å². The number of rotatable bonds is 6. The van der Waals surface area contributed by atoms with Crippen LogP contribution < -0.4 is 9.47 Å². The largest absolute Gasteiger partial charge is 0.479 e. The van der Waals surface area contributed by atoms with Crippen LogP contribution in [0.4, 0.5) is 0 Å². The Balaban J connectivity index is 0.000000152. The number of hydrogen-bond donors (Lipinski definition) is 3. The summed E-state index contributed by atoms with van der Waals surface area (Å²) in [5.41, 5.74) is 10.0. The first-order valence-corrected chi connectivity index (χ1v) is 22.5. The van der Waals surface area contributed by atoms with Gasteiger partial charge >= 0.3 is 0 Å². The van der Waals surface area contributed by atoms with Crippen molar-refractivity contribution < 1.29 is 24.2 Å². The van der Waals surface area contributed by atoms with Crippen LogP contribution in [0.25, 0.3) is 44.3 Å². The highest BCUT2D eigenvalue weighted by Crippen LogP contribution is 2.45. The van der Waals surface area contributed by atoms with Crippen LogP contribution in [0.1, 0.15) is 53.9 Å². The zero-order valence-corrected chi connectivity index (χ0v) is 36.5. The second-order valence-corrected chi connectivity index (χ2v) is 18.0. The van der Waals surface area contributed by atoms with Crippen LogP contribution in [-0.2, 0) is 22.4 Å². The normalized spacial score (nSPS) is 19.6. The quantitative estimate of drug-likeness (QED) is 0.152. The third-order valence-corrected chi connectivity index (χ3v) is 13.6. The third kappa shape index (κ3) is 8.02. The summed E-state index contributed by atoms with van der Waals surface area (Å²) in [4.78, 5) is 45.4. The Morgan fingerprint density at radius 2 is 1.27 bits per heavy atom. The average molecular weight is 884 g/mol. The highest BCUT2D eigenvalue weighted by Gasteiger charge is 2.38. The average Bonchev–Trinajstić information content (AvgIpc) is 4.15. The maximum Gasteiger partial charge on any atom is 0.264 e. The number of aryl methyl sites for hydroxylation is 1. The number of aromatic amines is 2. The summed E-state index contributed by atoms with van der Waals surface area (Å²) in [5.74, 6) is 2.20. The van der Waals surface area contributed by atoms with E-state index in [4.69, 9.17) is 32.7 Å². The number of carbonyl (C=O) groups excluding carboxylic acids is 2. The number of amides is 2. The molecule has 63 heavy (non-hydrogen) atoms. The molecule has 2 amide bonds. The predicted octanol–water partition coefficient (Wildman–Crippen LogP) is 9.32. The minimum Gasteiger partial charge on any atom is -0.479 e. The first kappa shape index (κ1) is 41.1. The molecule has 8 heterocycles. The molecule has 3 aromatic carbocycles. The zero-order valence-electron chi connectivity index (χ0n) is 35.0. The topological polar surface area (TPSA) is 137 Å². The van der Waals surface area contributed by atoms with E-state index in [2.05, 4.69) is 51.1 Å². The number of aliphatic hydroxyl groups is 1. The van der Waals surface area contributed by atoms with Gasteiger partial charge < -0.3 is 34.3 Å². The molecular weight excluding hydrogens is 835 g/mol. The number of aliphatic hydroxyl groups excluding tert-OH is 1. The van der Waals surface area contributed by atoms with E-state index in [0.29, 0.717) is 41.9 Å². The molecule has 4 aromatic heterocycles. The monoisotopic (exact) mass is 882 g/mol. The number of nitrogens with zero attached hydrogens (tertiary/aromatic N) is 4.